The van der Waals surface area contributed by atoms with Crippen LogP contribution in [-0.2, 0) is 0 Å². The number of amides is 3. The number of nitrogens with one attached hydrogen (secondary N) is 1. The lowest BCUT2D eigenvalue weighted by atomic mass is 10.1. The number of ether oxygens (including phenoxy) is 2. The van der Waals surface area contributed by atoms with Crippen molar-refractivity contribution in [3.63, 3.8) is 0 Å². The van der Waals surface area contributed by atoms with E-state index in [1.807, 2.05) is 0 Å². The summed E-state index contributed by atoms with van der Waals surface area (Å²) >= 11 is 0. The van der Waals surface area contributed by atoms with Gasteiger partial charge in [0.2, 0.25) is 0 Å². The Balaban J connectivity index is 1.62. The minimum atomic E-state index is -3.16. The van der Waals surface area contributed by atoms with Gasteiger partial charge in [0.05, 0.1) is 29.5 Å². The maximum absolute atomic E-state index is 12.8. The van der Waals surface area contributed by atoms with Crippen LogP contribution in [0.15, 0.2) is 66.7 Å². The molecule has 0 aliphatic carbocycles. The molecular weight excluding hydrogens is 422 g/mol. The lowest BCUT2D eigenvalue weighted by molar-refractivity contribution is -0.0515. The summed E-state index contributed by atoms with van der Waals surface area (Å²) in [7, 11) is 1.26. The van der Waals surface area contributed by atoms with E-state index >= 15 is 0 Å². The zero-order chi connectivity index (χ0) is 22.8. The molecule has 0 bridgehead atoms. The van der Waals surface area contributed by atoms with Gasteiger partial charge in [-0.05, 0) is 42.5 Å². The van der Waals surface area contributed by atoms with Crippen LogP contribution in [0.2, 0.25) is 0 Å². The number of carbonyl (C=O) groups excluding carboxylic acids is 3. The van der Waals surface area contributed by atoms with Crippen molar-refractivity contribution in [2.75, 3.05) is 17.3 Å². The summed E-state index contributed by atoms with van der Waals surface area (Å²) in [4.78, 5) is 39.2. The SMILES string of the molecule is COc1cccc(C(=O)Nc2cccc(N3C(=O)c4ccccc4C3=O)c2)c1OC(F)F. The normalized spacial score (nSPS) is 12.7. The zero-order valence-electron chi connectivity index (χ0n) is 16.7. The van der Waals surface area contributed by atoms with Crippen LogP contribution in [-0.4, -0.2) is 31.4 Å². The van der Waals surface area contributed by atoms with Gasteiger partial charge in [-0.1, -0.05) is 24.3 Å². The molecule has 3 amide bonds. The van der Waals surface area contributed by atoms with Gasteiger partial charge in [-0.3, -0.25) is 14.4 Å². The number of hydrogen-bond acceptors (Lipinski definition) is 5. The summed E-state index contributed by atoms with van der Waals surface area (Å²) in [5.41, 5.74) is 0.906. The zero-order valence-corrected chi connectivity index (χ0v) is 16.7. The molecule has 9 heteroatoms. The number of fused-ring (bicyclic) bond motifs is 1. The van der Waals surface area contributed by atoms with Crippen molar-refractivity contribution in [2.45, 2.75) is 6.61 Å². The maximum Gasteiger partial charge on any atom is 0.387 e. The summed E-state index contributed by atoms with van der Waals surface area (Å²) in [6, 6.07) is 16.7. The smallest absolute Gasteiger partial charge is 0.387 e. The first-order valence-corrected chi connectivity index (χ1v) is 9.41. The Labute approximate surface area is 181 Å². The van der Waals surface area contributed by atoms with Crippen LogP contribution in [0.3, 0.4) is 0 Å². The number of halogens is 2. The molecular formula is C23H16F2N2O5. The van der Waals surface area contributed by atoms with E-state index in [1.165, 1.54) is 37.4 Å². The fourth-order valence-electron chi connectivity index (χ4n) is 3.41. The number of carbonyl (C=O) groups is 3. The van der Waals surface area contributed by atoms with Gasteiger partial charge < -0.3 is 14.8 Å². The summed E-state index contributed by atoms with van der Waals surface area (Å²) in [5.74, 6) is -2.13. The monoisotopic (exact) mass is 438 g/mol. The molecule has 1 heterocycles. The highest BCUT2D eigenvalue weighted by Crippen LogP contribution is 2.34. The minimum Gasteiger partial charge on any atom is -0.493 e. The molecule has 0 fully saturated rings. The Morgan fingerprint density at radius 2 is 1.59 bits per heavy atom. The number of rotatable bonds is 6. The largest absolute Gasteiger partial charge is 0.493 e. The van der Waals surface area contributed by atoms with E-state index in [1.54, 1.807) is 36.4 Å². The van der Waals surface area contributed by atoms with Crippen molar-refractivity contribution in [3.05, 3.63) is 83.4 Å². The molecule has 0 radical (unpaired) electrons. The maximum atomic E-state index is 12.8. The second-order valence-corrected chi connectivity index (χ2v) is 6.71. The van der Waals surface area contributed by atoms with Crippen molar-refractivity contribution in [1.82, 2.24) is 0 Å². The molecule has 7 nitrogen and oxygen atoms in total. The third-order valence-corrected chi connectivity index (χ3v) is 4.81. The van der Waals surface area contributed by atoms with Crippen molar-refractivity contribution in [2.24, 2.45) is 0 Å². The lowest BCUT2D eigenvalue weighted by Crippen LogP contribution is -2.29. The van der Waals surface area contributed by atoms with Gasteiger partial charge in [-0.25, -0.2) is 4.90 Å². The van der Waals surface area contributed by atoms with Crippen LogP contribution in [0, 0.1) is 0 Å². The number of nitrogens with zero attached hydrogens (tertiary/aromatic N) is 1. The van der Waals surface area contributed by atoms with Crippen LogP contribution in [0.25, 0.3) is 0 Å². The Hall–Kier alpha value is -4.27. The number of para-hydroxylation sites is 1. The standard InChI is InChI=1S/C23H16F2N2O5/c1-31-18-11-5-10-17(19(18)32-23(24)25)20(28)26-13-6-4-7-14(12-13)27-21(29)15-8-2-3-9-16(15)22(27)30/h2-12,23H,1H3,(H,26,28). The fraction of sp³-hybridized carbons (Fsp3) is 0.0870. The van der Waals surface area contributed by atoms with Gasteiger partial charge >= 0.3 is 6.61 Å². The summed E-state index contributed by atoms with van der Waals surface area (Å²) in [6.45, 7) is -3.16. The van der Waals surface area contributed by atoms with Gasteiger partial charge in [0.25, 0.3) is 17.7 Å². The van der Waals surface area contributed by atoms with E-state index in [2.05, 4.69) is 10.1 Å². The van der Waals surface area contributed by atoms with Crippen LogP contribution in [0.1, 0.15) is 31.1 Å². The van der Waals surface area contributed by atoms with Crippen LogP contribution < -0.4 is 19.7 Å². The average Bonchev–Trinajstić information content (AvgIpc) is 3.04. The van der Waals surface area contributed by atoms with Gasteiger partial charge in [-0.15, -0.1) is 0 Å². The third-order valence-electron chi connectivity index (χ3n) is 4.81. The first kappa shape index (κ1) is 21.0. The van der Waals surface area contributed by atoms with E-state index in [-0.39, 0.29) is 33.8 Å². The van der Waals surface area contributed by atoms with E-state index in [0.717, 1.165) is 4.90 Å². The molecule has 0 spiro atoms. The number of methoxy groups -OCH3 is 1. The molecule has 32 heavy (non-hydrogen) atoms. The Morgan fingerprint density at radius 3 is 2.22 bits per heavy atom. The van der Waals surface area contributed by atoms with Gasteiger partial charge in [0, 0.05) is 5.69 Å². The van der Waals surface area contributed by atoms with E-state index < -0.39 is 30.1 Å². The van der Waals surface area contributed by atoms with E-state index in [0.29, 0.717) is 0 Å². The Kier molecular flexibility index (Phi) is 5.55. The van der Waals surface area contributed by atoms with Crippen molar-refractivity contribution >= 4 is 29.1 Å². The highest BCUT2D eigenvalue weighted by molar-refractivity contribution is 6.34. The topological polar surface area (TPSA) is 84.9 Å². The molecule has 0 aromatic heterocycles. The second kappa shape index (κ2) is 8.46. The highest BCUT2D eigenvalue weighted by atomic mass is 19.3. The number of alkyl halides is 2. The molecule has 4 rings (SSSR count). The first-order valence-electron chi connectivity index (χ1n) is 9.41. The van der Waals surface area contributed by atoms with E-state index in [4.69, 9.17) is 4.74 Å². The summed E-state index contributed by atoms with van der Waals surface area (Å²) in [6.07, 6.45) is 0. The molecule has 1 aliphatic heterocycles. The van der Waals surface area contributed by atoms with Crippen LogP contribution in [0.5, 0.6) is 11.5 Å². The van der Waals surface area contributed by atoms with E-state index in [9.17, 15) is 23.2 Å². The summed E-state index contributed by atoms with van der Waals surface area (Å²) in [5, 5.41) is 2.57. The summed E-state index contributed by atoms with van der Waals surface area (Å²) < 4.78 is 35.2. The molecule has 0 unspecified atom stereocenters. The fourth-order valence-corrected chi connectivity index (χ4v) is 3.41. The van der Waals surface area contributed by atoms with Crippen molar-refractivity contribution in [1.29, 1.82) is 0 Å². The molecule has 0 atom stereocenters. The molecule has 1 N–H and O–H groups in total. The van der Waals surface area contributed by atoms with Gasteiger partial charge in [0.1, 0.15) is 0 Å². The predicted molar refractivity (Wildman–Crippen MR) is 112 cm³/mol. The van der Waals surface area contributed by atoms with Gasteiger partial charge in [-0.2, -0.15) is 8.78 Å². The Bertz CT molecular complexity index is 1190. The predicted octanol–water partition coefficient (Wildman–Crippen LogP) is 4.35. The Morgan fingerprint density at radius 1 is 0.938 bits per heavy atom. The van der Waals surface area contributed by atoms with Crippen LogP contribution in [0.4, 0.5) is 20.2 Å². The minimum absolute atomic E-state index is 0.0299. The van der Waals surface area contributed by atoms with Gasteiger partial charge in [0.15, 0.2) is 11.5 Å². The molecule has 3 aromatic rings. The number of benzene rings is 3. The number of imide groups is 1. The molecule has 0 saturated carbocycles. The molecule has 0 saturated heterocycles. The van der Waals surface area contributed by atoms with Crippen LogP contribution >= 0.6 is 0 Å². The van der Waals surface area contributed by atoms with Crippen molar-refractivity contribution < 1.29 is 32.6 Å². The second-order valence-electron chi connectivity index (χ2n) is 6.71. The quantitative estimate of drug-likeness (QED) is 0.579. The first-order chi connectivity index (χ1) is 15.4. The molecule has 3 aromatic carbocycles. The molecule has 1 aliphatic rings. The number of hydrogen-bond donors (Lipinski definition) is 1. The molecule has 162 valence electrons. The average molecular weight is 438 g/mol. The number of anilines is 2. The lowest BCUT2D eigenvalue weighted by Gasteiger charge is -2.16. The third kappa shape index (κ3) is 3.76. The van der Waals surface area contributed by atoms with Crippen molar-refractivity contribution in [3.8, 4) is 11.5 Å². The highest BCUT2D eigenvalue weighted by Gasteiger charge is 2.36.